The van der Waals surface area contributed by atoms with E-state index >= 15 is 0 Å². The number of hydrogen-bond acceptors (Lipinski definition) is 2. The molecule has 0 aliphatic rings. The summed E-state index contributed by atoms with van der Waals surface area (Å²) in [6, 6.07) is 5.44. The Morgan fingerprint density at radius 2 is 2.19 bits per heavy atom. The molecule has 0 aliphatic heterocycles. The SMILES string of the molecule is CC[C@H](N)C(=O)N(CC)c1cccc(F)c1. The third kappa shape index (κ3) is 2.79. The molecule has 0 heterocycles. The maximum absolute atomic E-state index is 13.0. The van der Waals surface area contributed by atoms with Gasteiger partial charge in [-0.1, -0.05) is 13.0 Å². The highest BCUT2D eigenvalue weighted by Gasteiger charge is 2.19. The molecule has 4 heteroatoms. The Kier molecular flexibility index (Phi) is 4.43. The average Bonchev–Trinajstić information content (AvgIpc) is 2.29. The van der Waals surface area contributed by atoms with Crippen molar-refractivity contribution in [1.29, 1.82) is 0 Å². The van der Waals surface area contributed by atoms with Crippen molar-refractivity contribution in [3.8, 4) is 0 Å². The van der Waals surface area contributed by atoms with Gasteiger partial charge in [0.05, 0.1) is 6.04 Å². The number of hydrogen-bond donors (Lipinski definition) is 1. The lowest BCUT2D eigenvalue weighted by Crippen LogP contribution is -2.43. The fourth-order valence-electron chi connectivity index (χ4n) is 1.48. The minimum Gasteiger partial charge on any atom is -0.320 e. The summed E-state index contributed by atoms with van der Waals surface area (Å²) in [6.07, 6.45) is 0.574. The third-order valence-electron chi connectivity index (χ3n) is 2.46. The summed E-state index contributed by atoms with van der Waals surface area (Å²) in [4.78, 5) is 13.4. The molecule has 1 amide bonds. The molecular formula is C12H17FN2O. The largest absolute Gasteiger partial charge is 0.320 e. The predicted octanol–water partition coefficient (Wildman–Crippen LogP) is 1.92. The Hall–Kier alpha value is -1.42. The van der Waals surface area contributed by atoms with Gasteiger partial charge in [0, 0.05) is 12.2 Å². The van der Waals surface area contributed by atoms with Gasteiger partial charge in [-0.2, -0.15) is 0 Å². The van der Waals surface area contributed by atoms with Crippen molar-refractivity contribution < 1.29 is 9.18 Å². The lowest BCUT2D eigenvalue weighted by Gasteiger charge is -2.23. The summed E-state index contributed by atoms with van der Waals surface area (Å²) in [5.74, 6) is -0.524. The Morgan fingerprint density at radius 3 is 2.69 bits per heavy atom. The van der Waals surface area contributed by atoms with Gasteiger partial charge in [0.1, 0.15) is 5.82 Å². The lowest BCUT2D eigenvalue weighted by atomic mass is 10.2. The summed E-state index contributed by atoms with van der Waals surface area (Å²) in [5, 5.41) is 0. The molecule has 0 unspecified atom stereocenters. The molecule has 16 heavy (non-hydrogen) atoms. The average molecular weight is 224 g/mol. The van der Waals surface area contributed by atoms with Crippen LogP contribution in [-0.2, 0) is 4.79 Å². The highest BCUT2D eigenvalue weighted by Crippen LogP contribution is 2.16. The normalized spacial score (nSPS) is 12.2. The van der Waals surface area contributed by atoms with Gasteiger partial charge in [-0.3, -0.25) is 4.79 Å². The van der Waals surface area contributed by atoms with Gasteiger partial charge in [0.15, 0.2) is 0 Å². The predicted molar refractivity (Wildman–Crippen MR) is 62.7 cm³/mol. The zero-order valence-corrected chi connectivity index (χ0v) is 9.61. The first-order valence-corrected chi connectivity index (χ1v) is 5.42. The molecule has 0 spiro atoms. The molecule has 0 bridgehead atoms. The summed E-state index contributed by atoms with van der Waals surface area (Å²) < 4.78 is 13.0. The van der Waals surface area contributed by atoms with Crippen LogP contribution >= 0.6 is 0 Å². The fourth-order valence-corrected chi connectivity index (χ4v) is 1.48. The fraction of sp³-hybridized carbons (Fsp3) is 0.417. The van der Waals surface area contributed by atoms with Crippen LogP contribution in [0.25, 0.3) is 0 Å². The van der Waals surface area contributed by atoms with Crippen LogP contribution in [0.5, 0.6) is 0 Å². The van der Waals surface area contributed by atoms with Crippen molar-refractivity contribution >= 4 is 11.6 Å². The lowest BCUT2D eigenvalue weighted by molar-refractivity contribution is -0.119. The summed E-state index contributed by atoms with van der Waals surface area (Å²) in [6.45, 7) is 4.17. The van der Waals surface area contributed by atoms with E-state index in [9.17, 15) is 9.18 Å². The zero-order valence-electron chi connectivity index (χ0n) is 9.61. The first-order valence-electron chi connectivity index (χ1n) is 5.42. The molecule has 0 saturated heterocycles. The Morgan fingerprint density at radius 1 is 1.50 bits per heavy atom. The molecule has 3 nitrogen and oxygen atoms in total. The number of likely N-dealkylation sites (N-methyl/N-ethyl adjacent to an activating group) is 1. The molecule has 0 fully saturated rings. The van der Waals surface area contributed by atoms with Gasteiger partial charge in [0.25, 0.3) is 0 Å². The van der Waals surface area contributed by atoms with Crippen LogP contribution in [0.1, 0.15) is 20.3 Å². The second-order valence-electron chi connectivity index (χ2n) is 3.58. The van der Waals surface area contributed by atoms with Gasteiger partial charge in [-0.25, -0.2) is 4.39 Å². The first-order chi connectivity index (χ1) is 7.60. The smallest absolute Gasteiger partial charge is 0.243 e. The van der Waals surface area contributed by atoms with Crippen LogP contribution in [0.15, 0.2) is 24.3 Å². The van der Waals surface area contributed by atoms with E-state index in [-0.39, 0.29) is 11.7 Å². The molecule has 0 aliphatic carbocycles. The minimum absolute atomic E-state index is 0.171. The van der Waals surface area contributed by atoms with Crippen molar-refractivity contribution in [3.63, 3.8) is 0 Å². The number of nitrogens with two attached hydrogens (primary N) is 1. The highest BCUT2D eigenvalue weighted by molar-refractivity contribution is 5.96. The Bertz CT molecular complexity index is 368. The Balaban J connectivity index is 2.94. The molecule has 2 N–H and O–H groups in total. The summed E-state index contributed by atoms with van der Waals surface area (Å²) >= 11 is 0. The summed E-state index contributed by atoms with van der Waals surface area (Å²) in [7, 11) is 0. The van der Waals surface area contributed by atoms with Gasteiger partial charge in [-0.15, -0.1) is 0 Å². The van der Waals surface area contributed by atoms with E-state index in [1.807, 2.05) is 13.8 Å². The van der Waals surface area contributed by atoms with Crippen LogP contribution in [0.2, 0.25) is 0 Å². The van der Waals surface area contributed by atoms with E-state index in [0.717, 1.165) is 0 Å². The zero-order chi connectivity index (χ0) is 12.1. The summed E-state index contributed by atoms with van der Waals surface area (Å²) in [5.41, 5.74) is 6.24. The molecule has 88 valence electrons. The number of amides is 1. The van der Waals surface area contributed by atoms with Gasteiger partial charge in [0.2, 0.25) is 5.91 Å². The van der Waals surface area contributed by atoms with E-state index in [1.165, 1.54) is 17.0 Å². The monoisotopic (exact) mass is 224 g/mol. The maximum atomic E-state index is 13.0. The second kappa shape index (κ2) is 5.61. The van der Waals surface area contributed by atoms with Crippen LogP contribution in [0, 0.1) is 5.82 Å². The van der Waals surface area contributed by atoms with Crippen LogP contribution < -0.4 is 10.6 Å². The molecular weight excluding hydrogens is 207 g/mol. The minimum atomic E-state index is -0.525. The first kappa shape index (κ1) is 12.6. The van der Waals surface area contributed by atoms with E-state index in [4.69, 9.17) is 5.73 Å². The van der Waals surface area contributed by atoms with Crippen molar-refractivity contribution in [1.82, 2.24) is 0 Å². The van der Waals surface area contributed by atoms with Gasteiger partial charge in [-0.05, 0) is 31.5 Å². The number of carbonyl (C=O) groups excluding carboxylic acids is 1. The molecule has 0 radical (unpaired) electrons. The van der Waals surface area contributed by atoms with Crippen molar-refractivity contribution in [2.45, 2.75) is 26.3 Å². The second-order valence-corrected chi connectivity index (χ2v) is 3.58. The third-order valence-corrected chi connectivity index (χ3v) is 2.46. The van der Waals surface area contributed by atoms with E-state index < -0.39 is 6.04 Å². The number of halogens is 1. The number of nitrogens with zero attached hydrogens (tertiary/aromatic N) is 1. The van der Waals surface area contributed by atoms with Gasteiger partial charge >= 0.3 is 0 Å². The van der Waals surface area contributed by atoms with Crippen LogP contribution in [0.3, 0.4) is 0 Å². The van der Waals surface area contributed by atoms with Gasteiger partial charge < -0.3 is 10.6 Å². The molecule has 1 rings (SSSR count). The van der Waals surface area contributed by atoms with Crippen molar-refractivity contribution in [2.75, 3.05) is 11.4 Å². The maximum Gasteiger partial charge on any atom is 0.243 e. The Labute approximate surface area is 95.0 Å². The number of rotatable bonds is 4. The molecule has 1 aromatic carbocycles. The standard InChI is InChI=1S/C12H17FN2O/c1-3-11(14)12(16)15(4-2)10-7-5-6-9(13)8-10/h5-8,11H,3-4,14H2,1-2H3/t11-/m0/s1. The van der Waals surface area contributed by atoms with E-state index in [1.54, 1.807) is 12.1 Å². The van der Waals surface area contributed by atoms with Crippen LogP contribution in [-0.4, -0.2) is 18.5 Å². The molecule has 0 saturated carbocycles. The van der Waals surface area contributed by atoms with E-state index in [2.05, 4.69) is 0 Å². The molecule has 1 atom stereocenters. The van der Waals surface area contributed by atoms with Crippen molar-refractivity contribution in [3.05, 3.63) is 30.1 Å². The topological polar surface area (TPSA) is 46.3 Å². The number of anilines is 1. The molecule has 0 aromatic heterocycles. The van der Waals surface area contributed by atoms with Crippen LogP contribution in [0.4, 0.5) is 10.1 Å². The molecule has 1 aromatic rings. The number of carbonyl (C=O) groups is 1. The highest BCUT2D eigenvalue weighted by atomic mass is 19.1. The number of benzene rings is 1. The van der Waals surface area contributed by atoms with E-state index in [0.29, 0.717) is 18.7 Å². The van der Waals surface area contributed by atoms with Crippen molar-refractivity contribution in [2.24, 2.45) is 5.73 Å². The quantitative estimate of drug-likeness (QED) is 0.849.